The largest absolute Gasteiger partial charge is 0.490 e. The summed E-state index contributed by atoms with van der Waals surface area (Å²) in [6, 6.07) is 3.62. The van der Waals surface area contributed by atoms with Crippen molar-refractivity contribution in [1.29, 1.82) is 0 Å². The van der Waals surface area contributed by atoms with Gasteiger partial charge in [-0.25, -0.2) is 9.59 Å². The van der Waals surface area contributed by atoms with Crippen molar-refractivity contribution in [3.05, 3.63) is 30.1 Å². The zero-order chi connectivity index (χ0) is 27.8. The van der Waals surface area contributed by atoms with Gasteiger partial charge in [-0.3, -0.25) is 9.78 Å². The molecule has 1 aromatic heterocycles. The fourth-order valence-electron chi connectivity index (χ4n) is 3.99. The number of carbonyl (C=O) groups is 3. The maximum Gasteiger partial charge on any atom is 0.490 e. The average Bonchev–Trinajstić information content (AvgIpc) is 3.63. The molecule has 0 bridgehead atoms. The van der Waals surface area contributed by atoms with E-state index in [1.54, 1.807) is 24.5 Å². The first kappa shape index (κ1) is 30.3. The van der Waals surface area contributed by atoms with Crippen LogP contribution in [0.5, 0.6) is 0 Å². The van der Waals surface area contributed by atoms with Crippen molar-refractivity contribution < 1.29 is 55.7 Å². The number of aromatic nitrogens is 1. The molecule has 0 unspecified atom stereocenters. The zero-order valence-electron chi connectivity index (χ0n) is 19.5. The van der Waals surface area contributed by atoms with E-state index in [-0.39, 0.29) is 18.1 Å². The monoisotopic (exact) mass is 543 g/mol. The third-order valence-corrected chi connectivity index (χ3v) is 5.80. The van der Waals surface area contributed by atoms with Gasteiger partial charge in [0.05, 0.1) is 12.1 Å². The summed E-state index contributed by atoms with van der Waals surface area (Å²) in [5.41, 5.74) is 0.673. The second kappa shape index (κ2) is 13.0. The maximum absolute atomic E-state index is 12.5. The lowest BCUT2D eigenvalue weighted by Gasteiger charge is -2.46. The molecule has 0 spiro atoms. The number of likely N-dealkylation sites (tertiary alicyclic amines) is 1. The number of fused-ring (bicyclic) bond motifs is 1. The highest BCUT2D eigenvalue weighted by Gasteiger charge is 2.41. The number of rotatable bonds is 4. The third-order valence-electron chi connectivity index (χ3n) is 5.80. The molecule has 3 aliphatic rings. The molecule has 1 aromatic rings. The number of carboxylic acids is 2. The number of pyridine rings is 1. The van der Waals surface area contributed by atoms with E-state index in [0.717, 1.165) is 32.0 Å². The Labute approximate surface area is 207 Å². The van der Waals surface area contributed by atoms with Crippen LogP contribution >= 0.6 is 0 Å². The first-order valence-corrected chi connectivity index (χ1v) is 11.3. The Morgan fingerprint density at radius 1 is 0.973 bits per heavy atom. The second-order valence-electron chi connectivity index (χ2n) is 8.82. The Hall–Kier alpha value is -2.94. The molecule has 15 heteroatoms. The summed E-state index contributed by atoms with van der Waals surface area (Å²) in [4.78, 5) is 36.8. The van der Waals surface area contributed by atoms with Gasteiger partial charge in [0.1, 0.15) is 0 Å². The number of carbonyl (C=O) groups excluding carboxylic acids is 1. The quantitative estimate of drug-likeness (QED) is 0.495. The van der Waals surface area contributed by atoms with Gasteiger partial charge in [0, 0.05) is 44.2 Å². The third kappa shape index (κ3) is 10.5. The maximum atomic E-state index is 12.5. The predicted octanol–water partition coefficient (Wildman–Crippen LogP) is 2.97. The SMILES string of the molecule is O=C(N[C@@H]1CN(CC2CC2)C[C@@H]2CCCO[C@@H]21)c1ccncc1.O=C(O)C(F)(F)F.O=C(O)C(F)(F)F. The molecule has 1 amide bonds. The van der Waals surface area contributed by atoms with Crippen LogP contribution in [0.3, 0.4) is 0 Å². The molecule has 4 rings (SSSR count). The molecule has 3 heterocycles. The average molecular weight is 543 g/mol. The van der Waals surface area contributed by atoms with Crippen molar-refractivity contribution in [2.24, 2.45) is 11.8 Å². The minimum absolute atomic E-state index is 0.0152. The van der Waals surface area contributed by atoms with Crippen LogP contribution in [0.25, 0.3) is 0 Å². The fraction of sp³-hybridized carbons (Fsp3) is 0.636. The number of aliphatic carboxylic acids is 2. The first-order valence-electron chi connectivity index (χ1n) is 11.3. The lowest BCUT2D eigenvalue weighted by Crippen LogP contribution is -2.61. The van der Waals surface area contributed by atoms with Gasteiger partial charge < -0.3 is 25.2 Å². The number of halogens is 6. The van der Waals surface area contributed by atoms with Crippen LogP contribution in [0.4, 0.5) is 26.3 Å². The summed E-state index contributed by atoms with van der Waals surface area (Å²) < 4.78 is 69.5. The molecule has 208 valence electrons. The van der Waals surface area contributed by atoms with E-state index >= 15 is 0 Å². The number of amides is 1. The number of nitrogens with zero attached hydrogens (tertiary/aromatic N) is 2. The second-order valence-corrected chi connectivity index (χ2v) is 8.82. The standard InChI is InChI=1S/C18H25N3O2.2C2HF3O2/c22-18(14-5-7-19-8-6-14)20-16-12-21(10-13-3-4-13)11-15-2-1-9-23-17(15)16;2*3-2(4,5)1(6)7/h5-8,13,15-17H,1-4,9-12H2,(H,20,22);2*(H,6,7)/t15-,16+,17-;;/m0../s1. The van der Waals surface area contributed by atoms with Crippen LogP contribution < -0.4 is 5.32 Å². The summed E-state index contributed by atoms with van der Waals surface area (Å²) in [5, 5.41) is 17.5. The molecule has 2 aliphatic heterocycles. The van der Waals surface area contributed by atoms with Crippen LogP contribution in [0.2, 0.25) is 0 Å². The summed E-state index contributed by atoms with van der Waals surface area (Å²) >= 11 is 0. The van der Waals surface area contributed by atoms with Gasteiger partial charge in [0.2, 0.25) is 0 Å². The number of hydrogen-bond acceptors (Lipinski definition) is 6. The minimum atomic E-state index is -5.08. The van der Waals surface area contributed by atoms with Crippen LogP contribution in [-0.2, 0) is 14.3 Å². The van der Waals surface area contributed by atoms with Crippen molar-refractivity contribution in [1.82, 2.24) is 15.2 Å². The van der Waals surface area contributed by atoms with Gasteiger partial charge in [0.25, 0.3) is 5.91 Å². The van der Waals surface area contributed by atoms with Gasteiger partial charge in [-0.1, -0.05) is 0 Å². The molecule has 0 radical (unpaired) electrons. The van der Waals surface area contributed by atoms with Crippen molar-refractivity contribution in [2.45, 2.75) is 50.2 Å². The van der Waals surface area contributed by atoms with E-state index in [4.69, 9.17) is 24.5 Å². The Morgan fingerprint density at radius 2 is 1.51 bits per heavy atom. The molecule has 3 fully saturated rings. The van der Waals surface area contributed by atoms with E-state index in [1.807, 2.05) is 0 Å². The lowest BCUT2D eigenvalue weighted by atomic mass is 9.85. The highest BCUT2D eigenvalue weighted by atomic mass is 19.4. The minimum Gasteiger partial charge on any atom is -0.475 e. The molecular formula is C22H27F6N3O6. The van der Waals surface area contributed by atoms with E-state index in [0.29, 0.717) is 11.5 Å². The van der Waals surface area contributed by atoms with Crippen LogP contribution in [0.15, 0.2) is 24.5 Å². The van der Waals surface area contributed by atoms with Crippen molar-refractivity contribution in [3.8, 4) is 0 Å². The Bertz CT molecular complexity index is 886. The Morgan fingerprint density at radius 3 is 2.00 bits per heavy atom. The fourth-order valence-corrected chi connectivity index (χ4v) is 3.99. The van der Waals surface area contributed by atoms with Crippen molar-refractivity contribution in [2.75, 3.05) is 26.2 Å². The normalized spacial score (nSPS) is 23.8. The van der Waals surface area contributed by atoms with Gasteiger partial charge in [-0.15, -0.1) is 0 Å². The highest BCUT2D eigenvalue weighted by Crippen LogP contribution is 2.34. The van der Waals surface area contributed by atoms with Gasteiger partial charge in [-0.2, -0.15) is 26.3 Å². The molecule has 1 aliphatic carbocycles. The summed E-state index contributed by atoms with van der Waals surface area (Å²) in [6.07, 6.45) is -1.57. The molecule has 2 saturated heterocycles. The lowest BCUT2D eigenvalue weighted by molar-refractivity contribution is -0.193. The van der Waals surface area contributed by atoms with Crippen LogP contribution in [0, 0.1) is 11.8 Å². The van der Waals surface area contributed by atoms with E-state index in [9.17, 15) is 31.1 Å². The summed E-state index contributed by atoms with van der Waals surface area (Å²) in [5.74, 6) is -4.09. The van der Waals surface area contributed by atoms with Crippen molar-refractivity contribution >= 4 is 17.8 Å². The number of ether oxygens (including phenoxy) is 1. The molecule has 3 atom stereocenters. The number of piperidine rings is 1. The Balaban J connectivity index is 0.000000286. The molecular weight excluding hydrogens is 516 g/mol. The number of hydrogen-bond donors (Lipinski definition) is 3. The van der Waals surface area contributed by atoms with Crippen LogP contribution in [-0.4, -0.2) is 88.7 Å². The van der Waals surface area contributed by atoms with E-state index in [2.05, 4.69) is 15.2 Å². The molecule has 3 N–H and O–H groups in total. The molecule has 9 nitrogen and oxygen atoms in total. The first-order chi connectivity index (χ1) is 17.2. The van der Waals surface area contributed by atoms with Gasteiger partial charge in [-0.05, 0) is 49.7 Å². The van der Waals surface area contributed by atoms with Gasteiger partial charge >= 0.3 is 24.3 Å². The van der Waals surface area contributed by atoms with E-state index < -0.39 is 24.3 Å². The highest BCUT2D eigenvalue weighted by molar-refractivity contribution is 5.94. The molecule has 37 heavy (non-hydrogen) atoms. The topological polar surface area (TPSA) is 129 Å². The number of carboxylic acid groups (broad SMARTS) is 2. The van der Waals surface area contributed by atoms with E-state index in [1.165, 1.54) is 25.8 Å². The van der Waals surface area contributed by atoms with Crippen molar-refractivity contribution in [3.63, 3.8) is 0 Å². The predicted molar refractivity (Wildman–Crippen MR) is 115 cm³/mol. The Kier molecular flexibility index (Phi) is 10.7. The smallest absolute Gasteiger partial charge is 0.475 e. The number of alkyl halides is 6. The molecule has 0 aromatic carbocycles. The summed E-state index contributed by atoms with van der Waals surface area (Å²) in [6.45, 7) is 4.05. The number of nitrogens with one attached hydrogen (secondary N) is 1. The van der Waals surface area contributed by atoms with Gasteiger partial charge in [0.15, 0.2) is 0 Å². The van der Waals surface area contributed by atoms with Crippen LogP contribution in [0.1, 0.15) is 36.0 Å². The summed E-state index contributed by atoms with van der Waals surface area (Å²) in [7, 11) is 0. The zero-order valence-corrected chi connectivity index (χ0v) is 19.5. The molecule has 1 saturated carbocycles.